The number of halogens is 2. The van der Waals surface area contributed by atoms with Gasteiger partial charge in [0.05, 0.1) is 6.61 Å². The van der Waals surface area contributed by atoms with Crippen molar-refractivity contribution >= 4 is 37.6 Å². The topological polar surface area (TPSA) is 43.4 Å². The first-order valence-electron chi connectivity index (χ1n) is 4.25. The molecule has 0 atom stereocenters. The molecule has 0 radical (unpaired) electrons. The standard InChI is InChI=1S/C9H10BrClO3S/c1-2-14-15(12,13)6-7-5-8(11)3-4-9(7)10/h3-5H,2,6H2,1H3. The molecule has 84 valence electrons. The number of rotatable bonds is 4. The minimum atomic E-state index is -3.51. The third kappa shape index (κ3) is 4.10. The molecule has 0 spiro atoms. The molecule has 1 aromatic carbocycles. The summed E-state index contributed by atoms with van der Waals surface area (Å²) in [6, 6.07) is 4.99. The molecule has 0 unspecified atom stereocenters. The molecule has 0 aliphatic carbocycles. The van der Waals surface area contributed by atoms with Gasteiger partial charge in [-0.2, -0.15) is 8.42 Å². The lowest BCUT2D eigenvalue weighted by Crippen LogP contribution is -2.08. The van der Waals surface area contributed by atoms with Gasteiger partial charge in [-0.15, -0.1) is 0 Å². The Bertz CT molecular complexity index is 445. The van der Waals surface area contributed by atoms with Crippen LogP contribution in [0.15, 0.2) is 22.7 Å². The maximum atomic E-state index is 11.4. The van der Waals surface area contributed by atoms with Crippen LogP contribution in [-0.4, -0.2) is 15.0 Å². The van der Waals surface area contributed by atoms with Gasteiger partial charge in [-0.3, -0.25) is 4.18 Å². The summed E-state index contributed by atoms with van der Waals surface area (Å²) in [4.78, 5) is 0. The lowest BCUT2D eigenvalue weighted by molar-refractivity contribution is 0.337. The van der Waals surface area contributed by atoms with Crippen molar-refractivity contribution in [3.63, 3.8) is 0 Å². The van der Waals surface area contributed by atoms with Crippen molar-refractivity contribution in [2.24, 2.45) is 0 Å². The summed E-state index contributed by atoms with van der Waals surface area (Å²) in [6.07, 6.45) is 0. The van der Waals surface area contributed by atoms with Crippen molar-refractivity contribution in [3.8, 4) is 0 Å². The second-order valence-corrected chi connectivity index (χ2v) is 5.77. The average molecular weight is 314 g/mol. The summed E-state index contributed by atoms with van der Waals surface area (Å²) >= 11 is 9.02. The van der Waals surface area contributed by atoms with Crippen LogP contribution >= 0.6 is 27.5 Å². The first-order valence-corrected chi connectivity index (χ1v) is 7.00. The zero-order valence-electron chi connectivity index (χ0n) is 8.04. The van der Waals surface area contributed by atoms with E-state index in [2.05, 4.69) is 20.1 Å². The summed E-state index contributed by atoms with van der Waals surface area (Å²) in [5.74, 6) is -0.179. The first-order chi connectivity index (χ1) is 6.94. The molecule has 0 aliphatic rings. The fourth-order valence-corrected chi connectivity index (χ4v) is 2.89. The largest absolute Gasteiger partial charge is 0.271 e. The fraction of sp³-hybridized carbons (Fsp3) is 0.333. The molecule has 0 aliphatic heterocycles. The summed E-state index contributed by atoms with van der Waals surface area (Å²) < 4.78 is 28.1. The van der Waals surface area contributed by atoms with E-state index in [4.69, 9.17) is 11.6 Å². The maximum absolute atomic E-state index is 11.4. The predicted molar refractivity (Wildman–Crippen MR) is 63.4 cm³/mol. The van der Waals surface area contributed by atoms with Gasteiger partial charge in [-0.25, -0.2) is 0 Å². The van der Waals surface area contributed by atoms with E-state index in [0.717, 1.165) is 0 Å². The molecule has 0 saturated heterocycles. The van der Waals surface area contributed by atoms with Crippen LogP contribution in [0.2, 0.25) is 5.02 Å². The minimum Gasteiger partial charge on any atom is -0.270 e. The van der Waals surface area contributed by atoms with Crippen molar-refractivity contribution in [2.75, 3.05) is 6.61 Å². The van der Waals surface area contributed by atoms with Crippen LogP contribution in [0.3, 0.4) is 0 Å². The van der Waals surface area contributed by atoms with Crippen molar-refractivity contribution < 1.29 is 12.6 Å². The third-order valence-electron chi connectivity index (χ3n) is 1.64. The van der Waals surface area contributed by atoms with E-state index in [1.54, 1.807) is 25.1 Å². The van der Waals surface area contributed by atoms with Crippen LogP contribution in [0.5, 0.6) is 0 Å². The first kappa shape index (κ1) is 13.0. The van der Waals surface area contributed by atoms with Gasteiger partial charge in [0, 0.05) is 9.50 Å². The fourth-order valence-electron chi connectivity index (χ4n) is 1.07. The lowest BCUT2D eigenvalue weighted by Gasteiger charge is -2.06. The summed E-state index contributed by atoms with van der Waals surface area (Å²) in [5.41, 5.74) is 0.593. The summed E-state index contributed by atoms with van der Waals surface area (Å²) in [7, 11) is -3.51. The molecule has 3 nitrogen and oxygen atoms in total. The molecular weight excluding hydrogens is 304 g/mol. The Hall–Kier alpha value is -0.100. The van der Waals surface area contributed by atoms with Crippen LogP contribution in [0.1, 0.15) is 12.5 Å². The predicted octanol–water partition coefficient (Wildman–Crippen LogP) is 2.97. The van der Waals surface area contributed by atoms with Gasteiger partial charge in [-0.1, -0.05) is 27.5 Å². The SMILES string of the molecule is CCOS(=O)(=O)Cc1cc(Cl)ccc1Br. The third-order valence-corrected chi connectivity index (χ3v) is 3.91. The second kappa shape index (κ2) is 5.30. The molecule has 1 aromatic rings. The molecule has 0 heterocycles. The van der Waals surface area contributed by atoms with Crippen LogP contribution in [0.4, 0.5) is 0 Å². The zero-order valence-corrected chi connectivity index (χ0v) is 11.2. The van der Waals surface area contributed by atoms with E-state index in [1.807, 2.05) is 0 Å². The molecule has 0 aromatic heterocycles. The van der Waals surface area contributed by atoms with E-state index in [1.165, 1.54) is 0 Å². The highest BCUT2D eigenvalue weighted by atomic mass is 79.9. The molecule has 6 heteroatoms. The molecule has 0 fully saturated rings. The Morgan fingerprint density at radius 3 is 2.73 bits per heavy atom. The van der Waals surface area contributed by atoms with E-state index < -0.39 is 10.1 Å². The number of hydrogen-bond donors (Lipinski definition) is 0. The van der Waals surface area contributed by atoms with Crippen molar-refractivity contribution in [1.29, 1.82) is 0 Å². The van der Waals surface area contributed by atoms with Gasteiger partial charge >= 0.3 is 0 Å². The number of hydrogen-bond acceptors (Lipinski definition) is 3. The van der Waals surface area contributed by atoms with Crippen LogP contribution < -0.4 is 0 Å². The van der Waals surface area contributed by atoms with Gasteiger partial charge in [0.1, 0.15) is 5.75 Å². The highest BCUT2D eigenvalue weighted by Crippen LogP contribution is 2.23. The van der Waals surface area contributed by atoms with Crippen molar-refractivity contribution in [3.05, 3.63) is 33.3 Å². The quantitative estimate of drug-likeness (QED) is 0.803. The Balaban J connectivity index is 2.94. The Labute approximate surface area is 103 Å². The normalized spacial score (nSPS) is 11.7. The van der Waals surface area contributed by atoms with Crippen LogP contribution in [0.25, 0.3) is 0 Å². The molecular formula is C9H10BrClO3S. The van der Waals surface area contributed by atoms with E-state index >= 15 is 0 Å². The molecule has 15 heavy (non-hydrogen) atoms. The van der Waals surface area contributed by atoms with Crippen molar-refractivity contribution in [2.45, 2.75) is 12.7 Å². The van der Waals surface area contributed by atoms with Gasteiger partial charge in [0.15, 0.2) is 0 Å². The zero-order chi connectivity index (χ0) is 11.5. The van der Waals surface area contributed by atoms with E-state index in [9.17, 15) is 8.42 Å². The van der Waals surface area contributed by atoms with Gasteiger partial charge in [0.25, 0.3) is 10.1 Å². The molecule has 1 rings (SSSR count). The van der Waals surface area contributed by atoms with Crippen molar-refractivity contribution in [1.82, 2.24) is 0 Å². The highest BCUT2D eigenvalue weighted by Gasteiger charge is 2.14. The Kier molecular flexibility index (Phi) is 4.58. The smallest absolute Gasteiger partial charge is 0.270 e. The second-order valence-electron chi connectivity index (χ2n) is 2.84. The summed E-state index contributed by atoms with van der Waals surface area (Å²) in [6.45, 7) is 1.77. The maximum Gasteiger partial charge on any atom is 0.271 e. The Morgan fingerprint density at radius 2 is 2.13 bits per heavy atom. The monoisotopic (exact) mass is 312 g/mol. The molecule has 0 bridgehead atoms. The summed E-state index contributed by atoms with van der Waals surface area (Å²) in [5, 5.41) is 0.500. The average Bonchev–Trinajstić information content (AvgIpc) is 2.10. The minimum absolute atomic E-state index is 0.139. The lowest BCUT2D eigenvalue weighted by atomic mass is 10.2. The Morgan fingerprint density at radius 1 is 1.47 bits per heavy atom. The molecule has 0 amide bonds. The van der Waals surface area contributed by atoms with Gasteiger partial charge in [0.2, 0.25) is 0 Å². The number of benzene rings is 1. The van der Waals surface area contributed by atoms with E-state index in [-0.39, 0.29) is 12.4 Å². The highest BCUT2D eigenvalue weighted by molar-refractivity contribution is 9.10. The van der Waals surface area contributed by atoms with Gasteiger partial charge < -0.3 is 0 Å². The van der Waals surface area contributed by atoms with Crippen LogP contribution in [-0.2, 0) is 20.1 Å². The van der Waals surface area contributed by atoms with Crippen LogP contribution in [0, 0.1) is 0 Å². The van der Waals surface area contributed by atoms with E-state index in [0.29, 0.717) is 15.1 Å². The van der Waals surface area contributed by atoms with Gasteiger partial charge in [-0.05, 0) is 30.7 Å². The molecule has 0 N–H and O–H groups in total. The molecule has 0 saturated carbocycles.